The van der Waals surface area contributed by atoms with E-state index < -0.39 is 66.2 Å². The molecule has 0 heterocycles. The molecular weight excluding hydrogens is 642 g/mol. The van der Waals surface area contributed by atoms with Crippen molar-refractivity contribution in [2.75, 3.05) is 25.4 Å². The van der Waals surface area contributed by atoms with Crippen molar-refractivity contribution in [1.82, 2.24) is 26.6 Å². The molecule has 12 N–H and O–H groups in total. The van der Waals surface area contributed by atoms with Crippen LogP contribution in [0.2, 0.25) is 0 Å². The highest BCUT2D eigenvalue weighted by Crippen LogP contribution is 2.22. The monoisotopic (exact) mass is 701 g/mol. The maximum atomic E-state index is 13.4. The molecule has 48 heavy (non-hydrogen) atoms. The molecule has 6 unspecified atom stereocenters. The molecule has 17 heteroatoms. The van der Waals surface area contributed by atoms with Gasteiger partial charge in [-0.1, -0.05) is 54.4 Å². The minimum atomic E-state index is -1.18. The number of nitrogens with one attached hydrogen (secondary N) is 5. The molecule has 0 rings (SSSR count). The highest BCUT2D eigenvalue weighted by atomic mass is 32.2. The summed E-state index contributed by atoms with van der Waals surface area (Å²) in [5.41, 5.74) is 16.1. The first-order valence-corrected chi connectivity index (χ1v) is 17.7. The molecule has 0 aromatic carbocycles. The molecule has 0 radical (unpaired) electrons. The predicted octanol–water partition coefficient (Wildman–Crippen LogP) is -0.457. The van der Waals surface area contributed by atoms with Crippen molar-refractivity contribution < 1.29 is 33.9 Å². The van der Waals surface area contributed by atoms with Crippen molar-refractivity contribution in [3.8, 4) is 0 Å². The molecule has 16 nitrogen and oxygen atoms in total. The van der Waals surface area contributed by atoms with E-state index in [9.17, 15) is 33.9 Å². The molecular formula is C31H59N9O7S. The Morgan fingerprint density at radius 2 is 1.38 bits per heavy atom. The Morgan fingerprint density at radius 1 is 0.771 bits per heavy atom. The lowest BCUT2D eigenvalue weighted by Crippen LogP contribution is -2.58. The van der Waals surface area contributed by atoms with Crippen LogP contribution in [0.4, 0.5) is 0 Å². The van der Waals surface area contributed by atoms with Crippen molar-refractivity contribution in [3.63, 3.8) is 0 Å². The summed E-state index contributed by atoms with van der Waals surface area (Å²) in [6.07, 6.45) is 3.94. The molecule has 0 aliphatic heterocycles. The number of carboxylic acids is 1. The largest absolute Gasteiger partial charge is 0.480 e. The van der Waals surface area contributed by atoms with Crippen LogP contribution in [-0.2, 0) is 28.8 Å². The molecule has 276 valence electrons. The van der Waals surface area contributed by atoms with Gasteiger partial charge in [-0.3, -0.25) is 29.0 Å². The summed E-state index contributed by atoms with van der Waals surface area (Å²) in [4.78, 5) is 79.8. The van der Waals surface area contributed by atoms with Crippen LogP contribution in [0.1, 0.15) is 86.5 Å². The second kappa shape index (κ2) is 24.5. The summed E-state index contributed by atoms with van der Waals surface area (Å²) in [6.45, 7) is 11.0. The first-order chi connectivity index (χ1) is 22.5. The smallest absolute Gasteiger partial charge is 0.326 e. The van der Waals surface area contributed by atoms with Gasteiger partial charge in [0.2, 0.25) is 29.5 Å². The van der Waals surface area contributed by atoms with Crippen LogP contribution < -0.4 is 43.8 Å². The number of amides is 5. The van der Waals surface area contributed by atoms with Gasteiger partial charge in [0.1, 0.15) is 24.2 Å². The van der Waals surface area contributed by atoms with E-state index in [0.717, 1.165) is 19.3 Å². The molecule has 0 fully saturated rings. The number of hydrogen-bond acceptors (Lipinski definition) is 9. The highest BCUT2D eigenvalue weighted by molar-refractivity contribution is 7.99. The maximum Gasteiger partial charge on any atom is 0.326 e. The van der Waals surface area contributed by atoms with E-state index in [1.165, 1.54) is 11.8 Å². The number of carbonyl (C=O) groups is 6. The van der Waals surface area contributed by atoms with Crippen LogP contribution >= 0.6 is 11.8 Å². The molecule has 0 aromatic rings. The summed E-state index contributed by atoms with van der Waals surface area (Å²) in [6, 6.07) is -4.24. The number of guanidine groups is 1. The fourth-order valence-electron chi connectivity index (χ4n) is 4.84. The van der Waals surface area contributed by atoms with Crippen molar-refractivity contribution >= 4 is 53.2 Å². The number of carbonyl (C=O) groups excluding carboxylic acids is 5. The van der Waals surface area contributed by atoms with Gasteiger partial charge in [0.05, 0.1) is 13.1 Å². The Balaban J connectivity index is 5.73. The van der Waals surface area contributed by atoms with E-state index in [2.05, 4.69) is 45.4 Å². The fraction of sp³-hybridized carbons (Fsp3) is 0.774. The predicted molar refractivity (Wildman–Crippen MR) is 188 cm³/mol. The Hall–Kier alpha value is -3.60. The third-order valence-corrected chi connectivity index (χ3v) is 8.57. The number of hydrogen-bond donors (Lipinski definition) is 9. The van der Waals surface area contributed by atoms with Crippen molar-refractivity contribution in [2.24, 2.45) is 34.0 Å². The normalized spacial score (nSPS) is 14.8. The number of carboxylic acid groups (broad SMARTS) is 1. The summed E-state index contributed by atoms with van der Waals surface area (Å²) in [7, 11) is 0. The van der Waals surface area contributed by atoms with Crippen LogP contribution in [-0.4, -0.2) is 101 Å². The minimum absolute atomic E-state index is 0.0172. The maximum absolute atomic E-state index is 13.4. The van der Waals surface area contributed by atoms with Crippen molar-refractivity contribution in [1.29, 1.82) is 0 Å². The topological polar surface area (TPSA) is 273 Å². The van der Waals surface area contributed by atoms with E-state index in [-0.39, 0.29) is 55.2 Å². The van der Waals surface area contributed by atoms with E-state index in [1.54, 1.807) is 6.92 Å². The molecule has 0 aromatic heterocycles. The lowest BCUT2D eigenvalue weighted by atomic mass is 10.0. The lowest BCUT2D eigenvalue weighted by Gasteiger charge is -2.25. The number of nitrogens with two attached hydrogens (primary N) is 3. The molecule has 0 saturated heterocycles. The second-order valence-corrected chi connectivity index (χ2v) is 13.9. The first kappa shape index (κ1) is 44.4. The van der Waals surface area contributed by atoms with Gasteiger partial charge in [0.15, 0.2) is 5.96 Å². The minimum Gasteiger partial charge on any atom is -0.480 e. The first-order valence-electron chi connectivity index (χ1n) is 16.6. The quantitative estimate of drug-likeness (QED) is 0.0334. The van der Waals surface area contributed by atoms with E-state index in [4.69, 9.17) is 17.2 Å². The molecule has 0 bridgehead atoms. The third kappa shape index (κ3) is 19.9. The van der Waals surface area contributed by atoms with Crippen LogP contribution in [0.15, 0.2) is 4.99 Å². The van der Waals surface area contributed by atoms with Crippen LogP contribution in [0.5, 0.6) is 0 Å². The van der Waals surface area contributed by atoms with E-state index >= 15 is 0 Å². The number of aliphatic carboxylic acids is 1. The van der Waals surface area contributed by atoms with Gasteiger partial charge >= 0.3 is 5.97 Å². The van der Waals surface area contributed by atoms with Gasteiger partial charge in [-0.05, 0) is 43.9 Å². The molecule has 0 saturated carbocycles. The second-order valence-electron chi connectivity index (χ2n) is 12.4. The fourth-order valence-corrected chi connectivity index (χ4v) is 6.06. The molecule has 6 atom stereocenters. The summed E-state index contributed by atoms with van der Waals surface area (Å²) < 4.78 is 0. The van der Waals surface area contributed by atoms with Gasteiger partial charge in [0, 0.05) is 17.5 Å². The zero-order valence-electron chi connectivity index (χ0n) is 29.3. The van der Waals surface area contributed by atoms with Gasteiger partial charge in [-0.2, -0.15) is 11.8 Å². The Labute approximate surface area is 288 Å². The molecule has 5 amide bonds. The summed E-state index contributed by atoms with van der Waals surface area (Å²) in [5, 5.41) is 22.4. The van der Waals surface area contributed by atoms with Crippen LogP contribution in [0, 0.1) is 11.8 Å². The number of aliphatic imine (C=N–C) groups is 1. The molecule has 0 spiro atoms. The summed E-state index contributed by atoms with van der Waals surface area (Å²) in [5.74, 6) is -3.73. The van der Waals surface area contributed by atoms with Crippen molar-refractivity contribution in [3.05, 3.63) is 0 Å². The zero-order chi connectivity index (χ0) is 36.8. The molecule has 0 aliphatic rings. The standard InChI is InChI=1S/C31H59N9O7S/c1-7-10-19(5)14-20(6)48-17-24(27(43)36-16-26(42)38-23(30(46)47)13-18(3)4)40-28(44)21(8-2)39-29(45)22(37-25(41)15-32)11-9-12-35-31(33)34/h18-24H,7-17,32H2,1-6H3,(H,36,43)(H,37,41)(H,38,42)(H,39,45)(H,40,44)(H,46,47)(H4,33,34,35). The average molecular weight is 702 g/mol. The SMILES string of the molecule is CCCC(C)CC(C)SCC(NC(=O)C(CC)NC(=O)C(CCCN=C(N)N)NC(=O)CN)C(=O)NCC(=O)NC(CC(C)C)C(=O)O. The lowest BCUT2D eigenvalue weighted by molar-refractivity contribution is -0.142. The Kier molecular flexibility index (Phi) is 22.7. The third-order valence-electron chi connectivity index (χ3n) is 7.28. The van der Waals surface area contributed by atoms with Gasteiger partial charge in [-0.25, -0.2) is 4.79 Å². The van der Waals surface area contributed by atoms with E-state index in [1.807, 2.05) is 20.8 Å². The number of thioether (sulfide) groups is 1. The van der Waals surface area contributed by atoms with Crippen LogP contribution in [0.25, 0.3) is 0 Å². The van der Waals surface area contributed by atoms with Gasteiger partial charge in [-0.15, -0.1) is 0 Å². The summed E-state index contributed by atoms with van der Waals surface area (Å²) >= 11 is 1.50. The average Bonchev–Trinajstić information content (AvgIpc) is 3.00. The van der Waals surface area contributed by atoms with Crippen LogP contribution in [0.3, 0.4) is 0 Å². The van der Waals surface area contributed by atoms with E-state index in [0.29, 0.717) is 12.3 Å². The zero-order valence-corrected chi connectivity index (χ0v) is 30.1. The highest BCUT2D eigenvalue weighted by Gasteiger charge is 2.30. The van der Waals surface area contributed by atoms with Crippen molar-refractivity contribution in [2.45, 2.75) is 116 Å². The Morgan fingerprint density at radius 3 is 1.92 bits per heavy atom. The van der Waals surface area contributed by atoms with Gasteiger partial charge < -0.3 is 48.9 Å². The molecule has 0 aliphatic carbocycles. The Bertz CT molecular complexity index is 1070. The van der Waals surface area contributed by atoms with Gasteiger partial charge in [0.25, 0.3) is 0 Å². The number of nitrogens with zero attached hydrogens (tertiary/aromatic N) is 1. The number of rotatable bonds is 25.